The monoisotopic (exact) mass is 888 g/mol. The van der Waals surface area contributed by atoms with Gasteiger partial charge in [0.1, 0.15) is 0 Å². The molecule has 0 aliphatic rings. The fraction of sp³-hybridized carbons (Fsp3) is 0. The van der Waals surface area contributed by atoms with E-state index < -0.39 is 0 Å². The molecule has 12 aromatic carbocycles. The molecule has 2 aromatic heterocycles. The molecule has 0 unspecified atom stereocenters. The van der Waals surface area contributed by atoms with Crippen LogP contribution >= 0.6 is 0 Å². The van der Waals surface area contributed by atoms with E-state index in [1.165, 1.54) is 121 Å². The highest BCUT2D eigenvalue weighted by molar-refractivity contribution is 6.21. The van der Waals surface area contributed by atoms with E-state index in [2.05, 4.69) is 276 Å². The maximum absolute atomic E-state index is 2.47. The number of rotatable bonds is 7. The second kappa shape index (κ2) is 16.2. The van der Waals surface area contributed by atoms with Crippen LogP contribution in [0.25, 0.3) is 132 Å². The van der Waals surface area contributed by atoms with Crippen LogP contribution in [0.5, 0.6) is 0 Å². The number of benzene rings is 12. The minimum absolute atomic E-state index is 1.12. The van der Waals surface area contributed by atoms with Crippen molar-refractivity contribution in [1.29, 1.82) is 0 Å². The summed E-state index contributed by atoms with van der Waals surface area (Å²) in [6, 6.07) is 98.0. The van der Waals surface area contributed by atoms with Crippen molar-refractivity contribution in [2.24, 2.45) is 0 Å². The summed E-state index contributed by atoms with van der Waals surface area (Å²) in [6.07, 6.45) is 0. The minimum atomic E-state index is 1.12. The zero-order chi connectivity index (χ0) is 46.1. The molecule has 70 heavy (non-hydrogen) atoms. The van der Waals surface area contributed by atoms with Crippen molar-refractivity contribution in [3.63, 3.8) is 0 Å². The Morgan fingerprint density at radius 2 is 0.557 bits per heavy atom. The number of nitrogens with zero attached hydrogens (tertiary/aromatic N) is 2. The fourth-order valence-electron chi connectivity index (χ4n) is 11.4. The highest BCUT2D eigenvalue weighted by Gasteiger charge is 2.20. The topological polar surface area (TPSA) is 9.86 Å². The number of fused-ring (bicyclic) bond motifs is 8. The molecule has 0 aliphatic heterocycles. The molecule has 0 saturated carbocycles. The third-order valence-corrected chi connectivity index (χ3v) is 14.5. The molecule has 14 aromatic rings. The second-order valence-electron chi connectivity index (χ2n) is 18.4. The van der Waals surface area contributed by atoms with Crippen molar-refractivity contribution in [2.45, 2.75) is 0 Å². The molecule has 326 valence electrons. The van der Waals surface area contributed by atoms with E-state index in [0.717, 1.165) is 11.4 Å². The molecule has 0 spiro atoms. The van der Waals surface area contributed by atoms with Gasteiger partial charge in [-0.2, -0.15) is 0 Å². The highest BCUT2D eigenvalue weighted by atomic mass is 15.0. The molecule has 0 atom stereocenters. The van der Waals surface area contributed by atoms with Crippen LogP contribution in [-0.2, 0) is 0 Å². The Labute approximate surface area is 406 Å². The van der Waals surface area contributed by atoms with Gasteiger partial charge < -0.3 is 9.13 Å². The van der Waals surface area contributed by atoms with Gasteiger partial charge in [0.2, 0.25) is 0 Å². The average Bonchev–Trinajstić information content (AvgIpc) is 3.95. The van der Waals surface area contributed by atoms with Crippen LogP contribution in [0.15, 0.2) is 267 Å². The third-order valence-electron chi connectivity index (χ3n) is 14.5. The van der Waals surface area contributed by atoms with Crippen molar-refractivity contribution in [3.8, 4) is 67.0 Å². The van der Waals surface area contributed by atoms with Crippen LogP contribution in [0.1, 0.15) is 0 Å². The maximum Gasteiger partial charge on any atom is 0.0547 e. The first-order valence-electron chi connectivity index (χ1n) is 24.2. The van der Waals surface area contributed by atoms with Gasteiger partial charge in [-0.3, -0.25) is 0 Å². The molecule has 0 saturated heterocycles. The van der Waals surface area contributed by atoms with E-state index in [4.69, 9.17) is 0 Å². The Bertz CT molecular complexity index is 4260. The summed E-state index contributed by atoms with van der Waals surface area (Å²) in [4.78, 5) is 0. The van der Waals surface area contributed by atoms with Crippen molar-refractivity contribution in [2.75, 3.05) is 0 Å². The van der Waals surface area contributed by atoms with Crippen molar-refractivity contribution in [3.05, 3.63) is 267 Å². The van der Waals surface area contributed by atoms with Crippen LogP contribution in [0.2, 0.25) is 0 Å². The SMILES string of the molecule is c1ccc(-c2ccccc2-c2ccc3c(c2)c2ccc(-c4ccc5c(c4)c4ccccc4n5-c4ccccc4)cc2n3-c2ccc(-c3c4ccccc4c(-c4ccccc4)c4ccccc34)cc2)cc1. The number of hydrogen-bond donors (Lipinski definition) is 0. The molecule has 0 bridgehead atoms. The Morgan fingerprint density at radius 3 is 1.17 bits per heavy atom. The fourth-order valence-corrected chi connectivity index (χ4v) is 11.4. The molecule has 14 rings (SSSR count). The predicted octanol–water partition coefficient (Wildman–Crippen LogP) is 18.5. The van der Waals surface area contributed by atoms with Crippen LogP contribution in [0, 0.1) is 0 Å². The van der Waals surface area contributed by atoms with Crippen molar-refractivity contribution < 1.29 is 0 Å². The quantitative estimate of drug-likeness (QED) is 0.141. The summed E-state index contributed by atoms with van der Waals surface area (Å²) in [5.74, 6) is 0. The summed E-state index contributed by atoms with van der Waals surface area (Å²) in [6.45, 7) is 0. The lowest BCUT2D eigenvalue weighted by atomic mass is 9.86. The van der Waals surface area contributed by atoms with Crippen LogP contribution in [-0.4, -0.2) is 9.13 Å². The van der Waals surface area contributed by atoms with E-state index in [1.807, 2.05) is 0 Å². The Morgan fingerprint density at radius 1 is 0.186 bits per heavy atom. The first kappa shape index (κ1) is 39.9. The maximum atomic E-state index is 2.47. The highest BCUT2D eigenvalue weighted by Crippen LogP contribution is 2.45. The zero-order valence-electron chi connectivity index (χ0n) is 38.3. The number of para-hydroxylation sites is 2. The molecule has 0 fully saturated rings. The largest absolute Gasteiger partial charge is 0.309 e. The molecular weight excluding hydrogens is 845 g/mol. The summed E-state index contributed by atoms with van der Waals surface area (Å²) in [7, 11) is 0. The van der Waals surface area contributed by atoms with Gasteiger partial charge >= 0.3 is 0 Å². The lowest BCUT2D eigenvalue weighted by Crippen LogP contribution is -1.95. The molecule has 2 heterocycles. The Balaban J connectivity index is 0.965. The van der Waals surface area contributed by atoms with Gasteiger partial charge in [0.05, 0.1) is 22.1 Å². The summed E-state index contributed by atoms with van der Waals surface area (Å²) in [5, 5.41) is 9.95. The van der Waals surface area contributed by atoms with Gasteiger partial charge in [0, 0.05) is 32.9 Å². The van der Waals surface area contributed by atoms with Gasteiger partial charge in [-0.05, 0) is 138 Å². The van der Waals surface area contributed by atoms with Crippen LogP contribution in [0.3, 0.4) is 0 Å². The summed E-state index contributed by atoms with van der Waals surface area (Å²) >= 11 is 0. The number of aromatic nitrogens is 2. The molecule has 2 nitrogen and oxygen atoms in total. The normalized spacial score (nSPS) is 11.7. The van der Waals surface area contributed by atoms with Gasteiger partial charge in [-0.1, -0.05) is 206 Å². The van der Waals surface area contributed by atoms with E-state index in [9.17, 15) is 0 Å². The molecule has 0 amide bonds. The van der Waals surface area contributed by atoms with E-state index in [1.54, 1.807) is 0 Å². The standard InChI is InChI=1S/C68H44N2/c1-4-18-45(19-5-1)53-24-10-11-25-54(53)50-36-41-65-62(43-50)56-39-34-49(48-35-40-64-61(42-48)55-26-16-17-31-63(55)69(64)51-22-8-3-9-23-51)44-66(56)70(65)52-37-32-47(33-38-52)68-59-29-14-12-27-57(59)67(46-20-6-2-7-21-46)58-28-13-15-30-60(58)68/h1-44H. The Kier molecular flexibility index (Phi) is 9.25. The molecular formula is C68H44N2. The summed E-state index contributed by atoms with van der Waals surface area (Å²) < 4.78 is 4.86. The lowest BCUT2D eigenvalue weighted by Gasteiger charge is -2.18. The van der Waals surface area contributed by atoms with E-state index >= 15 is 0 Å². The number of hydrogen-bond acceptors (Lipinski definition) is 0. The van der Waals surface area contributed by atoms with Gasteiger partial charge in [0.25, 0.3) is 0 Å². The van der Waals surface area contributed by atoms with Gasteiger partial charge in [-0.15, -0.1) is 0 Å². The van der Waals surface area contributed by atoms with Gasteiger partial charge in [0.15, 0.2) is 0 Å². The first-order valence-corrected chi connectivity index (χ1v) is 24.2. The van der Waals surface area contributed by atoms with E-state index in [0.29, 0.717) is 0 Å². The lowest BCUT2D eigenvalue weighted by molar-refractivity contribution is 1.18. The third kappa shape index (κ3) is 6.35. The van der Waals surface area contributed by atoms with E-state index in [-0.39, 0.29) is 0 Å². The van der Waals surface area contributed by atoms with Crippen LogP contribution < -0.4 is 0 Å². The van der Waals surface area contributed by atoms with Crippen LogP contribution in [0.4, 0.5) is 0 Å². The minimum Gasteiger partial charge on any atom is -0.309 e. The smallest absolute Gasteiger partial charge is 0.0547 e. The van der Waals surface area contributed by atoms with Gasteiger partial charge in [-0.25, -0.2) is 0 Å². The average molecular weight is 889 g/mol. The second-order valence-corrected chi connectivity index (χ2v) is 18.4. The van der Waals surface area contributed by atoms with Crippen molar-refractivity contribution >= 4 is 65.2 Å². The van der Waals surface area contributed by atoms with Crippen molar-refractivity contribution in [1.82, 2.24) is 9.13 Å². The predicted molar refractivity (Wildman–Crippen MR) is 297 cm³/mol. The first-order chi connectivity index (χ1) is 34.7. The molecule has 0 aliphatic carbocycles. The molecule has 0 N–H and O–H groups in total. The zero-order valence-corrected chi connectivity index (χ0v) is 38.3. The molecule has 0 radical (unpaired) electrons. The summed E-state index contributed by atoms with van der Waals surface area (Å²) in [5.41, 5.74) is 19.2. The Hall–Kier alpha value is -9.24. The molecule has 2 heteroatoms.